The first kappa shape index (κ1) is 13.8. The topological polar surface area (TPSA) is 56.3 Å². The number of aryl methyl sites for hydroxylation is 1. The van der Waals surface area contributed by atoms with Gasteiger partial charge < -0.3 is 14.8 Å². The molecular formula is C16H19N3O2. The largest absolute Gasteiger partial charge is 0.493 e. The quantitative estimate of drug-likeness (QED) is 0.884. The van der Waals surface area contributed by atoms with Crippen molar-refractivity contribution >= 4 is 0 Å². The van der Waals surface area contributed by atoms with E-state index in [0.717, 1.165) is 17.7 Å². The number of hydrogen-bond acceptors (Lipinski definition) is 5. The second kappa shape index (κ2) is 6.10. The molecule has 0 radical (unpaired) electrons. The molecule has 2 aromatic rings. The summed E-state index contributed by atoms with van der Waals surface area (Å²) in [4.78, 5) is 8.48. The van der Waals surface area contributed by atoms with Crippen LogP contribution in [0, 0.1) is 6.92 Å². The molecule has 110 valence electrons. The van der Waals surface area contributed by atoms with E-state index in [-0.39, 0.29) is 0 Å². The van der Waals surface area contributed by atoms with Gasteiger partial charge in [-0.2, -0.15) is 0 Å². The smallest absolute Gasteiger partial charge is 0.322 e. The number of benzene rings is 1. The molecule has 0 atom stereocenters. The first-order chi connectivity index (χ1) is 10.2. The molecule has 3 rings (SSSR count). The molecule has 1 aliphatic rings. The molecule has 21 heavy (non-hydrogen) atoms. The maximum absolute atomic E-state index is 5.68. The zero-order chi connectivity index (χ0) is 14.7. The van der Waals surface area contributed by atoms with Gasteiger partial charge in [0, 0.05) is 30.5 Å². The van der Waals surface area contributed by atoms with Crippen LogP contribution in [0.25, 0.3) is 0 Å². The Bertz CT molecular complexity index is 609. The number of nitrogens with one attached hydrogen (secondary N) is 1. The predicted molar refractivity (Wildman–Crippen MR) is 79.7 cm³/mol. The van der Waals surface area contributed by atoms with Crippen LogP contribution in [0.1, 0.15) is 24.0 Å². The van der Waals surface area contributed by atoms with Gasteiger partial charge in [0.15, 0.2) is 11.5 Å². The summed E-state index contributed by atoms with van der Waals surface area (Å²) in [5, 5.41) is 3.43. The summed E-state index contributed by atoms with van der Waals surface area (Å²) >= 11 is 0. The standard InChI is InChI=1S/C16H19N3O2/c1-11-3-6-14(15(7-11)20-2)21-16-18-9-12(10-19-16)8-17-13-4-5-13/h3,6-7,9-10,13,17H,4-5,8H2,1-2H3. The second-order valence-corrected chi connectivity index (χ2v) is 5.29. The molecule has 1 aromatic heterocycles. The number of nitrogens with zero attached hydrogens (tertiary/aromatic N) is 2. The van der Waals surface area contributed by atoms with Gasteiger partial charge in [0.05, 0.1) is 7.11 Å². The van der Waals surface area contributed by atoms with E-state index in [4.69, 9.17) is 9.47 Å². The second-order valence-electron chi connectivity index (χ2n) is 5.29. The van der Waals surface area contributed by atoms with Crippen molar-refractivity contribution in [2.45, 2.75) is 32.4 Å². The highest BCUT2D eigenvalue weighted by Crippen LogP contribution is 2.30. The van der Waals surface area contributed by atoms with Gasteiger partial charge in [-0.25, -0.2) is 9.97 Å². The van der Waals surface area contributed by atoms with Crippen LogP contribution in [-0.4, -0.2) is 23.1 Å². The number of rotatable bonds is 6. The Balaban J connectivity index is 1.66. The fourth-order valence-corrected chi connectivity index (χ4v) is 1.99. The lowest BCUT2D eigenvalue weighted by Crippen LogP contribution is -2.15. The van der Waals surface area contributed by atoms with Crippen molar-refractivity contribution in [3.05, 3.63) is 41.7 Å². The first-order valence-electron chi connectivity index (χ1n) is 7.11. The fourth-order valence-electron chi connectivity index (χ4n) is 1.99. The summed E-state index contributed by atoms with van der Waals surface area (Å²) in [6.45, 7) is 2.81. The Morgan fingerprint density at radius 2 is 1.95 bits per heavy atom. The van der Waals surface area contributed by atoms with Crippen LogP contribution in [0.5, 0.6) is 17.5 Å². The zero-order valence-corrected chi connectivity index (χ0v) is 12.3. The molecule has 0 aliphatic heterocycles. The van der Waals surface area contributed by atoms with Crippen LogP contribution in [0.4, 0.5) is 0 Å². The van der Waals surface area contributed by atoms with Crippen molar-refractivity contribution in [2.24, 2.45) is 0 Å². The first-order valence-corrected chi connectivity index (χ1v) is 7.11. The van der Waals surface area contributed by atoms with E-state index in [1.54, 1.807) is 19.5 Å². The van der Waals surface area contributed by atoms with E-state index < -0.39 is 0 Å². The van der Waals surface area contributed by atoms with Gasteiger partial charge in [-0.05, 0) is 37.5 Å². The Morgan fingerprint density at radius 3 is 2.62 bits per heavy atom. The predicted octanol–water partition coefficient (Wildman–Crippen LogP) is 2.84. The Hall–Kier alpha value is -2.14. The van der Waals surface area contributed by atoms with E-state index in [9.17, 15) is 0 Å². The van der Waals surface area contributed by atoms with Crippen molar-refractivity contribution in [2.75, 3.05) is 7.11 Å². The summed E-state index contributed by atoms with van der Waals surface area (Å²) in [6, 6.07) is 6.75. The maximum Gasteiger partial charge on any atom is 0.322 e. The molecule has 0 bridgehead atoms. The number of ether oxygens (including phenoxy) is 2. The average molecular weight is 285 g/mol. The molecule has 5 nitrogen and oxygen atoms in total. The van der Waals surface area contributed by atoms with E-state index in [1.807, 2.05) is 25.1 Å². The summed E-state index contributed by atoms with van der Waals surface area (Å²) in [5.41, 5.74) is 2.17. The molecule has 1 heterocycles. The van der Waals surface area contributed by atoms with E-state index in [0.29, 0.717) is 23.6 Å². The van der Waals surface area contributed by atoms with E-state index >= 15 is 0 Å². The molecular weight excluding hydrogens is 266 g/mol. The lowest BCUT2D eigenvalue weighted by atomic mass is 10.2. The number of hydrogen-bond donors (Lipinski definition) is 1. The summed E-state index contributed by atoms with van der Waals surface area (Å²) in [5.74, 6) is 1.30. The third-order valence-corrected chi connectivity index (χ3v) is 3.37. The van der Waals surface area contributed by atoms with Crippen molar-refractivity contribution in [1.29, 1.82) is 0 Å². The molecule has 1 aliphatic carbocycles. The molecule has 1 aromatic carbocycles. The number of methoxy groups -OCH3 is 1. The van der Waals surface area contributed by atoms with Crippen LogP contribution in [0.2, 0.25) is 0 Å². The summed E-state index contributed by atoms with van der Waals surface area (Å²) in [7, 11) is 1.62. The third-order valence-electron chi connectivity index (χ3n) is 3.37. The molecule has 0 spiro atoms. The van der Waals surface area contributed by atoms with Crippen molar-refractivity contribution in [1.82, 2.24) is 15.3 Å². The molecule has 0 unspecified atom stereocenters. The number of aromatic nitrogens is 2. The van der Waals surface area contributed by atoms with Gasteiger partial charge in [-0.3, -0.25) is 0 Å². The summed E-state index contributed by atoms with van der Waals surface area (Å²) in [6.07, 6.45) is 6.13. The fraction of sp³-hybridized carbons (Fsp3) is 0.375. The lowest BCUT2D eigenvalue weighted by Gasteiger charge is -2.10. The Labute approximate surface area is 124 Å². The zero-order valence-electron chi connectivity index (χ0n) is 12.3. The SMILES string of the molecule is COc1cc(C)ccc1Oc1ncc(CNC2CC2)cn1. The monoisotopic (exact) mass is 285 g/mol. The third kappa shape index (κ3) is 3.70. The van der Waals surface area contributed by atoms with Crippen LogP contribution in [0.15, 0.2) is 30.6 Å². The van der Waals surface area contributed by atoms with Gasteiger partial charge >= 0.3 is 6.01 Å². The Kier molecular flexibility index (Phi) is 4.01. The molecule has 1 N–H and O–H groups in total. The highest BCUT2D eigenvalue weighted by Gasteiger charge is 2.20. The normalized spacial score (nSPS) is 14.0. The van der Waals surface area contributed by atoms with Crippen molar-refractivity contribution in [3.63, 3.8) is 0 Å². The molecule has 0 saturated heterocycles. The minimum atomic E-state index is 0.326. The van der Waals surface area contributed by atoms with Gasteiger partial charge in [0.1, 0.15) is 0 Å². The van der Waals surface area contributed by atoms with E-state index in [2.05, 4.69) is 15.3 Å². The van der Waals surface area contributed by atoms with Crippen molar-refractivity contribution in [3.8, 4) is 17.5 Å². The summed E-state index contributed by atoms with van der Waals surface area (Å²) < 4.78 is 11.0. The molecule has 1 fully saturated rings. The van der Waals surface area contributed by atoms with E-state index in [1.165, 1.54) is 12.8 Å². The van der Waals surface area contributed by atoms with Gasteiger partial charge in [-0.1, -0.05) is 6.07 Å². The van der Waals surface area contributed by atoms with Crippen LogP contribution in [-0.2, 0) is 6.54 Å². The minimum Gasteiger partial charge on any atom is -0.493 e. The van der Waals surface area contributed by atoms with Gasteiger partial charge in [-0.15, -0.1) is 0 Å². The van der Waals surface area contributed by atoms with Crippen molar-refractivity contribution < 1.29 is 9.47 Å². The molecule has 0 amide bonds. The van der Waals surface area contributed by atoms with Crippen LogP contribution >= 0.6 is 0 Å². The van der Waals surface area contributed by atoms with Gasteiger partial charge in [0.2, 0.25) is 0 Å². The maximum atomic E-state index is 5.68. The minimum absolute atomic E-state index is 0.326. The van der Waals surface area contributed by atoms with Crippen LogP contribution in [0.3, 0.4) is 0 Å². The van der Waals surface area contributed by atoms with Crippen LogP contribution < -0.4 is 14.8 Å². The Morgan fingerprint density at radius 1 is 1.19 bits per heavy atom. The molecule has 5 heteroatoms. The molecule has 1 saturated carbocycles. The highest BCUT2D eigenvalue weighted by molar-refractivity contribution is 5.43. The lowest BCUT2D eigenvalue weighted by molar-refractivity contribution is 0.367. The van der Waals surface area contributed by atoms with Gasteiger partial charge in [0.25, 0.3) is 0 Å². The average Bonchev–Trinajstić information content (AvgIpc) is 3.32. The highest BCUT2D eigenvalue weighted by atomic mass is 16.5.